The lowest BCUT2D eigenvalue weighted by Crippen LogP contribution is -2.30. The molecule has 10 aromatic carbocycles. The van der Waals surface area contributed by atoms with Gasteiger partial charge in [-0.1, -0.05) is 210 Å². The van der Waals surface area contributed by atoms with E-state index in [1.165, 1.54) is 0 Å². The van der Waals surface area contributed by atoms with Crippen molar-refractivity contribution in [3.63, 3.8) is 0 Å². The molecule has 0 unspecified atom stereocenters. The van der Waals surface area contributed by atoms with E-state index >= 15 is 0 Å². The van der Waals surface area contributed by atoms with Crippen molar-refractivity contribution in [3.05, 3.63) is 303 Å². The van der Waals surface area contributed by atoms with Crippen LogP contribution >= 0.6 is 54.1 Å². The maximum atomic E-state index is 13.1. The number of hydrogen-bond acceptors (Lipinski definition) is 18. The van der Waals surface area contributed by atoms with Crippen LogP contribution in [-0.2, 0) is 31.8 Å². The average Bonchev–Trinajstić information content (AvgIpc) is 0.902. The Morgan fingerprint density at radius 2 is 0.628 bits per heavy atom. The molecule has 0 aliphatic carbocycles. The molecule has 0 bridgehead atoms. The van der Waals surface area contributed by atoms with Crippen LogP contribution in [0.4, 0.5) is 0 Å². The molecule has 11 rings (SSSR count). The van der Waals surface area contributed by atoms with Crippen molar-refractivity contribution in [2.45, 2.75) is 27.7 Å². The molecule has 0 aromatic heterocycles. The smallest absolute Gasteiger partial charge is 0.508 e. The molecule has 1 aliphatic heterocycles. The van der Waals surface area contributed by atoms with Crippen LogP contribution in [0, 0.1) is 10.8 Å². The number of para-hydroxylation sites is 10. The molecule has 0 amide bonds. The van der Waals surface area contributed by atoms with Crippen molar-refractivity contribution in [1.29, 1.82) is 0 Å². The number of rotatable bonds is 20. The predicted molar refractivity (Wildman–Crippen MR) is 369 cm³/mol. The maximum Gasteiger partial charge on any atom is 0.647 e. The Bertz CT molecular complexity index is 3600. The number of aliphatic hydroxyl groups excluding tert-OH is 1. The van der Waals surface area contributed by atoms with Gasteiger partial charge >= 0.3 is 30.4 Å². The second kappa shape index (κ2) is 39.3. The first-order valence-electron chi connectivity index (χ1n) is 28.7. The predicted octanol–water partition coefficient (Wildman–Crippen LogP) is 20.6. The minimum atomic E-state index is -3.89. The first kappa shape index (κ1) is 76.3. The summed E-state index contributed by atoms with van der Waals surface area (Å²) in [6.07, 6.45) is 0. The fourth-order valence-corrected chi connectivity index (χ4v) is 12.3. The molecule has 3 N–H and O–H groups in total. The molecule has 94 heavy (non-hydrogen) atoms. The monoisotopic (exact) mass is 1400 g/mol. The highest BCUT2D eigenvalue weighted by molar-refractivity contribution is 7.82. The summed E-state index contributed by atoms with van der Waals surface area (Å²) >= 11 is 5.72. The topological polar surface area (TPSA) is 230 Å². The molecule has 0 radical (unpaired) electrons. The van der Waals surface area contributed by atoms with Crippen molar-refractivity contribution in [1.82, 2.24) is 0 Å². The van der Waals surface area contributed by atoms with Gasteiger partial charge in [-0.15, -0.1) is 12.4 Å². The first-order valence-corrected chi connectivity index (χ1v) is 35.5. The van der Waals surface area contributed by atoms with E-state index in [1.807, 2.05) is 74.5 Å². The highest BCUT2D eigenvalue weighted by Gasteiger charge is 2.39. The number of phosphoric acid groups is 3. The van der Waals surface area contributed by atoms with Gasteiger partial charge in [0.1, 0.15) is 57.5 Å². The van der Waals surface area contributed by atoms with Gasteiger partial charge in [0.2, 0.25) is 0 Å². The fraction of sp³-hybridized carbons (Fsp3) is 0.143. The molecular weight excluding hydrogens is 1320 g/mol. The van der Waals surface area contributed by atoms with Crippen LogP contribution in [-0.4, -0.2) is 41.7 Å². The Morgan fingerprint density at radius 3 is 0.862 bits per heavy atom. The zero-order chi connectivity index (χ0) is 66.7. The molecule has 1 saturated heterocycles. The summed E-state index contributed by atoms with van der Waals surface area (Å²) in [5.41, 5.74) is -0.677. The van der Waals surface area contributed by atoms with Gasteiger partial charge in [-0.3, -0.25) is 13.6 Å². The van der Waals surface area contributed by atoms with E-state index in [4.69, 9.17) is 71.2 Å². The second-order valence-electron chi connectivity index (χ2n) is 21.0. The van der Waals surface area contributed by atoms with Gasteiger partial charge in [0.25, 0.3) is 0 Å². The van der Waals surface area contributed by atoms with Crippen LogP contribution in [0.1, 0.15) is 27.7 Å². The number of halogens is 2. The molecule has 1 aliphatic rings. The van der Waals surface area contributed by atoms with Gasteiger partial charge in [-0.2, -0.15) is 4.57 Å². The van der Waals surface area contributed by atoms with E-state index in [0.29, 0.717) is 70.7 Å². The molecule has 496 valence electrons. The normalized spacial score (nSPS) is 12.7. The van der Waals surface area contributed by atoms with Crippen molar-refractivity contribution < 1.29 is 83.3 Å². The summed E-state index contributed by atoms with van der Waals surface area (Å²) < 4.78 is 109. The Kier molecular flexibility index (Phi) is 31.9. The third-order valence-corrected chi connectivity index (χ3v) is 16.7. The fourth-order valence-electron chi connectivity index (χ4n) is 6.82. The van der Waals surface area contributed by atoms with E-state index in [2.05, 4.69) is 0 Å². The summed E-state index contributed by atoms with van der Waals surface area (Å²) in [6.45, 7) is 4.56. The molecule has 0 atom stereocenters. The van der Waals surface area contributed by atoms with Crippen LogP contribution < -0.4 is 36.2 Å². The highest BCUT2D eigenvalue weighted by atomic mass is 35.7. The largest absolute Gasteiger partial charge is 0.647 e. The first-order chi connectivity index (χ1) is 44.6. The molecule has 0 saturated carbocycles. The molecular formula is C70H74Cl2O18P4. The van der Waals surface area contributed by atoms with Crippen LogP contribution in [0.5, 0.6) is 57.5 Å². The molecule has 18 nitrogen and oxygen atoms in total. The number of hydrogen-bond donors (Lipinski definition) is 3. The third kappa shape index (κ3) is 31.0. The van der Waals surface area contributed by atoms with E-state index in [9.17, 15) is 23.4 Å². The maximum absolute atomic E-state index is 13.1. The summed E-state index contributed by atoms with van der Waals surface area (Å²) in [5, 5.41) is 26.6. The Labute approximate surface area is 560 Å². The van der Waals surface area contributed by atoms with Gasteiger partial charge in [0.05, 0.1) is 26.4 Å². The van der Waals surface area contributed by atoms with Crippen LogP contribution in [0.2, 0.25) is 0 Å². The minimum absolute atomic E-state index is 0. The standard InChI is InChI=1S/C18H15O4P.C17H21O5P.C12H10ClO3P.C11H15O4P.2C6H6O.ClH/c19-23(20-16-10-4-1-5-11-16,21-17-12-6-2-7-13-17)22-18-14-8-3-9-15-18;1-17(2,13-18)14-20-23(19,21-15-9-5-3-6-10-15)22-16-11-7-4-8-12-16;13-17(14,15-11-7-3-1-4-8-11)16-12-9-5-2-6-10-12;1-11(2)8-13-16(12,14-9-11)15-10-6-4-3-5-7-10;2*7-6-4-2-1-3-5-6;/h1-15H;3-12,18H,13-14H2,1-2H3;1-10H;3-7H,8-9H2,1-2H3;2*1-5,7H;1H. The van der Waals surface area contributed by atoms with Crippen molar-refractivity contribution >= 4 is 54.1 Å². The van der Waals surface area contributed by atoms with Crippen LogP contribution in [0.15, 0.2) is 303 Å². The minimum Gasteiger partial charge on any atom is -0.508 e. The zero-order valence-corrected chi connectivity index (χ0v) is 56.9. The molecule has 0 spiro atoms. The second-order valence-corrected chi connectivity index (χ2v) is 28.0. The summed E-state index contributed by atoms with van der Waals surface area (Å²) in [7, 11) is -11.2. The highest BCUT2D eigenvalue weighted by Crippen LogP contribution is 2.55. The Hall–Kier alpha value is -8.46. The van der Waals surface area contributed by atoms with Gasteiger partial charge in [0, 0.05) is 22.1 Å². The third-order valence-electron chi connectivity index (χ3n) is 11.5. The molecule has 1 heterocycles. The quantitative estimate of drug-likeness (QED) is 0.0602. The van der Waals surface area contributed by atoms with Crippen LogP contribution in [0.3, 0.4) is 0 Å². The SMILES string of the molecule is CC(C)(CO)COP(=O)(Oc1ccccc1)Oc1ccccc1.CC1(C)COP(=O)(Oc2ccccc2)OC1.Cl.O=P(Cl)(Oc1ccccc1)Oc1ccccc1.O=P(Oc1ccccc1)(Oc1ccccc1)Oc1ccccc1.Oc1ccccc1.Oc1ccccc1. The zero-order valence-electron chi connectivity index (χ0n) is 51.7. The number of phosphoric ester groups is 3. The number of phenols is 2. The summed E-state index contributed by atoms with van der Waals surface area (Å²) in [6, 6.07) is 87.4. The average molecular weight is 1400 g/mol. The Morgan fingerprint density at radius 1 is 0.404 bits per heavy atom. The van der Waals surface area contributed by atoms with Gasteiger partial charge in [-0.05, 0) is 121 Å². The van der Waals surface area contributed by atoms with Crippen molar-refractivity contribution in [3.8, 4) is 57.5 Å². The molecule has 24 heteroatoms. The van der Waals surface area contributed by atoms with Crippen LogP contribution in [0.25, 0.3) is 0 Å². The van der Waals surface area contributed by atoms with E-state index in [1.54, 1.807) is 257 Å². The van der Waals surface area contributed by atoms with Crippen molar-refractivity contribution in [2.24, 2.45) is 10.8 Å². The van der Waals surface area contributed by atoms with Gasteiger partial charge in [0.15, 0.2) is 0 Å². The number of phenolic OH excluding ortho intramolecular Hbond substituents is 2. The van der Waals surface area contributed by atoms with E-state index in [0.717, 1.165) is 0 Å². The van der Waals surface area contributed by atoms with E-state index in [-0.39, 0.29) is 31.0 Å². The summed E-state index contributed by atoms with van der Waals surface area (Å²) in [4.78, 5) is 0. The van der Waals surface area contributed by atoms with Crippen molar-refractivity contribution in [2.75, 3.05) is 26.4 Å². The van der Waals surface area contributed by atoms with E-state index < -0.39 is 35.8 Å². The lowest BCUT2D eigenvalue weighted by Gasteiger charge is -2.32. The molecule has 10 aromatic rings. The number of aliphatic hydroxyl groups is 1. The number of aromatic hydroxyl groups is 2. The molecule has 1 fully saturated rings. The lowest BCUT2D eigenvalue weighted by atomic mass is 9.97. The number of benzene rings is 10. The van der Waals surface area contributed by atoms with Gasteiger partial charge < -0.3 is 51.5 Å². The Balaban J connectivity index is 0.000000213. The lowest BCUT2D eigenvalue weighted by molar-refractivity contribution is 0.0182. The van der Waals surface area contributed by atoms with Gasteiger partial charge in [-0.25, -0.2) is 13.7 Å². The summed E-state index contributed by atoms with van der Waals surface area (Å²) in [5.74, 6) is 3.93.